The topological polar surface area (TPSA) is 32.3 Å². The quantitative estimate of drug-likeness (QED) is 0.901. The van der Waals surface area contributed by atoms with Crippen molar-refractivity contribution < 1.29 is 4.79 Å². The van der Waals surface area contributed by atoms with Crippen LogP contribution in [-0.4, -0.2) is 38.0 Å². The largest absolute Gasteiger partial charge is 0.351 e. The van der Waals surface area contributed by atoms with Gasteiger partial charge < -0.3 is 10.2 Å². The van der Waals surface area contributed by atoms with Crippen LogP contribution in [0.4, 0.5) is 0 Å². The van der Waals surface area contributed by atoms with Crippen LogP contribution in [-0.2, 0) is 0 Å². The predicted molar refractivity (Wildman–Crippen MR) is 65.0 cm³/mol. The minimum Gasteiger partial charge on any atom is -0.351 e. The van der Waals surface area contributed by atoms with E-state index in [-0.39, 0.29) is 5.91 Å². The fraction of sp³-hybridized carbons (Fsp3) is 0.364. The van der Waals surface area contributed by atoms with Crippen molar-refractivity contribution in [3.63, 3.8) is 0 Å². The molecule has 15 heavy (non-hydrogen) atoms. The highest BCUT2D eigenvalue weighted by molar-refractivity contribution is 9.10. The van der Waals surface area contributed by atoms with E-state index in [1.807, 2.05) is 31.1 Å². The highest BCUT2D eigenvalue weighted by atomic mass is 75.9. The zero-order valence-electron chi connectivity index (χ0n) is 8.96. The molecule has 1 aromatic rings. The SMILES string of the molecule is CN(C)CCNC(=O)c1ccc([76Br])cc1. The van der Waals surface area contributed by atoms with E-state index in [1.165, 1.54) is 0 Å². The van der Waals surface area contributed by atoms with Crippen LogP contribution in [0.3, 0.4) is 0 Å². The molecule has 0 fully saturated rings. The van der Waals surface area contributed by atoms with Crippen molar-refractivity contribution in [3.05, 3.63) is 34.3 Å². The van der Waals surface area contributed by atoms with Gasteiger partial charge in [-0.15, -0.1) is 0 Å². The van der Waals surface area contributed by atoms with Crippen molar-refractivity contribution in [3.8, 4) is 0 Å². The van der Waals surface area contributed by atoms with E-state index >= 15 is 0 Å². The van der Waals surface area contributed by atoms with Crippen LogP contribution in [0.5, 0.6) is 0 Å². The lowest BCUT2D eigenvalue weighted by atomic mass is 10.2. The molecule has 1 N–H and O–H groups in total. The summed E-state index contributed by atoms with van der Waals surface area (Å²) in [7, 11) is 3.96. The average molecular weight is 267 g/mol. The summed E-state index contributed by atoms with van der Waals surface area (Å²) < 4.78 is 0.979. The maximum Gasteiger partial charge on any atom is 0.251 e. The van der Waals surface area contributed by atoms with Crippen LogP contribution in [0, 0.1) is 0 Å². The molecule has 0 aliphatic rings. The van der Waals surface area contributed by atoms with Gasteiger partial charge in [0.05, 0.1) is 0 Å². The Labute approximate surface area is 98.6 Å². The van der Waals surface area contributed by atoms with Gasteiger partial charge in [0, 0.05) is 23.1 Å². The molecule has 0 aromatic heterocycles. The number of hydrogen-bond donors (Lipinski definition) is 1. The first kappa shape index (κ1) is 12.2. The van der Waals surface area contributed by atoms with Gasteiger partial charge in [-0.1, -0.05) is 15.9 Å². The highest BCUT2D eigenvalue weighted by Gasteiger charge is 2.03. The average Bonchev–Trinajstić information content (AvgIpc) is 2.18. The van der Waals surface area contributed by atoms with Crippen LogP contribution in [0.2, 0.25) is 0 Å². The summed E-state index contributed by atoms with van der Waals surface area (Å²) >= 11 is 3.33. The number of hydrogen-bond acceptors (Lipinski definition) is 2. The summed E-state index contributed by atoms with van der Waals surface area (Å²) in [4.78, 5) is 13.6. The number of likely N-dealkylation sites (N-methyl/N-ethyl adjacent to an activating group) is 1. The molecule has 82 valence electrons. The molecule has 0 spiro atoms. The lowest BCUT2D eigenvalue weighted by Crippen LogP contribution is -2.31. The highest BCUT2D eigenvalue weighted by Crippen LogP contribution is 2.10. The molecule has 0 heterocycles. The second-order valence-corrected chi connectivity index (χ2v) is 4.48. The van der Waals surface area contributed by atoms with Gasteiger partial charge in [-0.3, -0.25) is 4.79 Å². The summed E-state index contributed by atoms with van der Waals surface area (Å²) in [6.07, 6.45) is 0. The van der Waals surface area contributed by atoms with E-state index < -0.39 is 0 Å². The van der Waals surface area contributed by atoms with E-state index in [4.69, 9.17) is 0 Å². The first-order valence-electron chi connectivity index (χ1n) is 4.78. The Bertz CT molecular complexity index is 322. The summed E-state index contributed by atoms with van der Waals surface area (Å²) in [5, 5.41) is 2.85. The molecule has 0 aliphatic heterocycles. The number of rotatable bonds is 4. The van der Waals surface area contributed by atoms with E-state index in [2.05, 4.69) is 21.2 Å². The van der Waals surface area contributed by atoms with Crippen molar-refractivity contribution in [2.45, 2.75) is 0 Å². The monoisotopic (exact) mass is 267 g/mol. The standard InChI is InChI=1S/C11H15BrN2O/c1-14(2)8-7-13-11(15)9-3-5-10(12)6-4-9/h3-6H,7-8H2,1-2H3,(H,13,15)/i12-4. The number of carbonyl (C=O) groups is 1. The van der Waals surface area contributed by atoms with Gasteiger partial charge in [-0.25, -0.2) is 0 Å². The smallest absolute Gasteiger partial charge is 0.251 e. The summed E-state index contributed by atoms with van der Waals surface area (Å²) in [5.41, 5.74) is 0.692. The van der Waals surface area contributed by atoms with Crippen LogP contribution >= 0.6 is 15.9 Å². The number of carbonyl (C=O) groups excluding carboxylic acids is 1. The summed E-state index contributed by atoms with van der Waals surface area (Å²) in [5.74, 6) is -0.0237. The Hall–Kier alpha value is -0.870. The van der Waals surface area contributed by atoms with Gasteiger partial charge in [-0.2, -0.15) is 0 Å². The molecule has 1 aromatic carbocycles. The zero-order chi connectivity index (χ0) is 11.3. The summed E-state index contributed by atoms with van der Waals surface area (Å²) in [6.45, 7) is 1.52. The number of amides is 1. The Morgan fingerprint density at radius 3 is 2.47 bits per heavy atom. The Kier molecular flexibility index (Phi) is 4.78. The molecule has 0 saturated carbocycles. The normalized spacial score (nSPS) is 10.4. The van der Waals surface area contributed by atoms with Crippen LogP contribution in [0.15, 0.2) is 28.7 Å². The molecule has 0 unspecified atom stereocenters. The minimum absolute atomic E-state index is 0.0237. The third kappa shape index (κ3) is 4.44. The van der Waals surface area contributed by atoms with Gasteiger partial charge in [0.25, 0.3) is 5.91 Å². The molecule has 1 amide bonds. The zero-order valence-corrected chi connectivity index (χ0v) is 10.5. The van der Waals surface area contributed by atoms with Gasteiger partial charge >= 0.3 is 0 Å². The molecule has 0 saturated heterocycles. The molecule has 0 aliphatic carbocycles. The molecule has 0 radical (unpaired) electrons. The molecule has 1 rings (SSSR count). The number of nitrogens with one attached hydrogen (secondary N) is 1. The van der Waals surface area contributed by atoms with Crippen LogP contribution < -0.4 is 5.32 Å². The van der Waals surface area contributed by atoms with Crippen molar-refractivity contribution in [1.82, 2.24) is 10.2 Å². The maximum atomic E-state index is 11.6. The minimum atomic E-state index is -0.0237. The predicted octanol–water partition coefficient (Wildman–Crippen LogP) is 1.74. The summed E-state index contributed by atoms with van der Waals surface area (Å²) in [6, 6.07) is 7.33. The maximum absolute atomic E-state index is 11.6. The van der Waals surface area contributed by atoms with Gasteiger partial charge in [0.15, 0.2) is 0 Å². The molecular formula is C11H15BrN2O. The second-order valence-electron chi connectivity index (χ2n) is 3.57. The molecule has 0 bridgehead atoms. The number of halogens is 1. The van der Waals surface area contributed by atoms with Crippen molar-refractivity contribution in [2.24, 2.45) is 0 Å². The van der Waals surface area contributed by atoms with Crippen LogP contribution in [0.1, 0.15) is 10.4 Å². The lowest BCUT2D eigenvalue weighted by molar-refractivity contribution is 0.0951. The molecule has 0 atom stereocenters. The third-order valence-electron chi connectivity index (χ3n) is 1.95. The fourth-order valence-corrected chi connectivity index (χ4v) is 1.36. The van der Waals surface area contributed by atoms with Crippen LogP contribution in [0.25, 0.3) is 0 Å². The van der Waals surface area contributed by atoms with E-state index in [9.17, 15) is 4.79 Å². The van der Waals surface area contributed by atoms with Crippen molar-refractivity contribution in [2.75, 3.05) is 27.2 Å². The third-order valence-corrected chi connectivity index (χ3v) is 2.48. The van der Waals surface area contributed by atoms with Gasteiger partial charge in [0.2, 0.25) is 0 Å². The fourth-order valence-electron chi connectivity index (χ4n) is 1.10. The lowest BCUT2D eigenvalue weighted by Gasteiger charge is -2.10. The van der Waals surface area contributed by atoms with E-state index in [0.29, 0.717) is 12.1 Å². The molecular weight excluding hydrogens is 252 g/mol. The number of nitrogens with zero attached hydrogens (tertiary/aromatic N) is 1. The van der Waals surface area contributed by atoms with E-state index in [1.54, 1.807) is 12.1 Å². The van der Waals surface area contributed by atoms with Crippen molar-refractivity contribution in [1.29, 1.82) is 0 Å². The number of benzene rings is 1. The first-order chi connectivity index (χ1) is 7.09. The van der Waals surface area contributed by atoms with Gasteiger partial charge in [-0.05, 0) is 38.4 Å². The van der Waals surface area contributed by atoms with E-state index in [0.717, 1.165) is 11.0 Å². The van der Waals surface area contributed by atoms with Crippen molar-refractivity contribution >= 4 is 21.8 Å². The first-order valence-corrected chi connectivity index (χ1v) is 5.57. The Morgan fingerprint density at radius 1 is 1.33 bits per heavy atom. The molecule has 3 nitrogen and oxygen atoms in total. The Balaban J connectivity index is 2.43. The van der Waals surface area contributed by atoms with Gasteiger partial charge in [0.1, 0.15) is 0 Å². The second kappa shape index (κ2) is 5.88. The Morgan fingerprint density at radius 2 is 1.93 bits per heavy atom. The molecule has 4 heteroatoms.